The molecule has 2 aromatic rings. The van der Waals surface area contributed by atoms with Crippen LogP contribution in [0.3, 0.4) is 0 Å². The van der Waals surface area contributed by atoms with E-state index in [1.807, 2.05) is 0 Å². The molecule has 0 aliphatic heterocycles. The molecule has 2 rings (SSSR count). The summed E-state index contributed by atoms with van der Waals surface area (Å²) >= 11 is 2.38. The van der Waals surface area contributed by atoms with Crippen LogP contribution in [0.25, 0.3) is 0 Å². The third kappa shape index (κ3) is 3.72. The number of anilines is 1. The van der Waals surface area contributed by atoms with Crippen molar-refractivity contribution in [1.29, 1.82) is 0 Å². The van der Waals surface area contributed by atoms with E-state index in [2.05, 4.69) is 92.0 Å². The normalized spacial score (nSPS) is 12.3. The molecule has 0 bridgehead atoms. The highest BCUT2D eigenvalue weighted by molar-refractivity contribution is 14.1. The monoisotopic (exact) mass is 365 g/mol. The zero-order valence-corrected chi connectivity index (χ0v) is 14.1. The van der Waals surface area contributed by atoms with Gasteiger partial charge in [-0.2, -0.15) is 0 Å². The Hall–Kier alpha value is -1.03. The molecule has 100 valence electrons. The van der Waals surface area contributed by atoms with Crippen molar-refractivity contribution in [2.45, 2.75) is 33.7 Å². The van der Waals surface area contributed by atoms with Crippen molar-refractivity contribution in [3.8, 4) is 0 Å². The maximum Gasteiger partial charge on any atom is 0.0485 e. The molecular weight excluding hydrogens is 345 g/mol. The van der Waals surface area contributed by atoms with Gasteiger partial charge < -0.3 is 5.32 Å². The largest absolute Gasteiger partial charge is 0.378 e. The van der Waals surface area contributed by atoms with Gasteiger partial charge in [0.05, 0.1) is 0 Å². The minimum absolute atomic E-state index is 0.317. The average molecular weight is 365 g/mol. The molecule has 1 N–H and O–H groups in total. The first-order valence-corrected chi connectivity index (χ1v) is 7.64. The number of hydrogen-bond donors (Lipinski definition) is 1. The van der Waals surface area contributed by atoms with E-state index in [1.54, 1.807) is 0 Å². The number of nitrogens with one attached hydrogen (secondary N) is 1. The molecule has 0 aliphatic carbocycles. The van der Waals surface area contributed by atoms with E-state index >= 15 is 0 Å². The van der Waals surface area contributed by atoms with Gasteiger partial charge in [0.25, 0.3) is 0 Å². The molecular formula is C17H20IN. The Labute approximate surface area is 129 Å². The maximum atomic E-state index is 3.58. The summed E-state index contributed by atoms with van der Waals surface area (Å²) in [6.45, 7) is 8.65. The van der Waals surface area contributed by atoms with E-state index < -0.39 is 0 Å². The van der Waals surface area contributed by atoms with Crippen molar-refractivity contribution in [1.82, 2.24) is 0 Å². The lowest BCUT2D eigenvalue weighted by molar-refractivity contribution is 0.880. The van der Waals surface area contributed by atoms with Gasteiger partial charge in [-0.1, -0.05) is 35.4 Å². The summed E-state index contributed by atoms with van der Waals surface area (Å²) < 4.78 is 1.30. The number of halogens is 1. The molecule has 0 heterocycles. The minimum atomic E-state index is 0.317. The average Bonchev–Trinajstić information content (AvgIpc) is 2.32. The number of benzene rings is 2. The highest BCUT2D eigenvalue weighted by atomic mass is 127. The molecule has 2 heteroatoms. The summed E-state index contributed by atoms with van der Waals surface area (Å²) in [5.41, 5.74) is 6.49. The Bertz CT molecular complexity index is 570. The van der Waals surface area contributed by atoms with Gasteiger partial charge in [-0.05, 0) is 73.5 Å². The molecule has 0 saturated heterocycles. The van der Waals surface area contributed by atoms with Crippen molar-refractivity contribution in [3.63, 3.8) is 0 Å². The van der Waals surface area contributed by atoms with Gasteiger partial charge >= 0.3 is 0 Å². The van der Waals surface area contributed by atoms with Crippen molar-refractivity contribution in [2.24, 2.45) is 0 Å². The van der Waals surface area contributed by atoms with E-state index in [-0.39, 0.29) is 0 Å². The van der Waals surface area contributed by atoms with Crippen LogP contribution in [-0.2, 0) is 0 Å². The zero-order chi connectivity index (χ0) is 14.0. The fourth-order valence-corrected chi connectivity index (χ4v) is 2.79. The summed E-state index contributed by atoms with van der Waals surface area (Å²) in [6, 6.07) is 13.6. The fourth-order valence-electron chi connectivity index (χ4n) is 2.28. The predicted molar refractivity (Wildman–Crippen MR) is 91.8 cm³/mol. The van der Waals surface area contributed by atoms with Crippen molar-refractivity contribution < 1.29 is 0 Å². The van der Waals surface area contributed by atoms with Crippen LogP contribution in [0.15, 0.2) is 36.4 Å². The van der Waals surface area contributed by atoms with Gasteiger partial charge in [0.15, 0.2) is 0 Å². The highest BCUT2D eigenvalue weighted by Gasteiger charge is 2.07. The first kappa shape index (κ1) is 14.4. The van der Waals surface area contributed by atoms with E-state index in [0.717, 1.165) is 0 Å². The van der Waals surface area contributed by atoms with Gasteiger partial charge in [-0.25, -0.2) is 0 Å². The fraction of sp³-hybridized carbons (Fsp3) is 0.294. The number of rotatable bonds is 3. The topological polar surface area (TPSA) is 12.0 Å². The molecule has 0 radical (unpaired) electrons. The molecule has 1 atom stereocenters. The van der Waals surface area contributed by atoms with E-state index in [4.69, 9.17) is 0 Å². The highest BCUT2D eigenvalue weighted by Crippen LogP contribution is 2.23. The second kappa shape index (κ2) is 5.95. The summed E-state index contributed by atoms with van der Waals surface area (Å²) in [5, 5.41) is 3.58. The number of aryl methyl sites for hydroxylation is 3. The van der Waals surface area contributed by atoms with Crippen LogP contribution in [0.4, 0.5) is 5.69 Å². The van der Waals surface area contributed by atoms with Gasteiger partial charge in [0.2, 0.25) is 0 Å². The number of hydrogen-bond acceptors (Lipinski definition) is 1. The molecule has 0 aromatic heterocycles. The van der Waals surface area contributed by atoms with Crippen LogP contribution < -0.4 is 5.32 Å². The zero-order valence-electron chi connectivity index (χ0n) is 11.9. The van der Waals surface area contributed by atoms with Crippen LogP contribution in [0.2, 0.25) is 0 Å². The van der Waals surface area contributed by atoms with E-state index in [1.165, 1.54) is 31.5 Å². The van der Waals surface area contributed by atoms with E-state index in [0.29, 0.717) is 6.04 Å². The van der Waals surface area contributed by atoms with Gasteiger partial charge in [-0.3, -0.25) is 0 Å². The minimum Gasteiger partial charge on any atom is -0.378 e. The second-order valence-electron chi connectivity index (χ2n) is 5.25. The molecule has 19 heavy (non-hydrogen) atoms. The molecule has 0 aliphatic rings. The summed E-state index contributed by atoms with van der Waals surface area (Å²) in [5.74, 6) is 0. The van der Waals surface area contributed by atoms with Crippen LogP contribution in [0.1, 0.15) is 35.2 Å². The molecule has 0 amide bonds. The van der Waals surface area contributed by atoms with Crippen LogP contribution in [0, 0.1) is 24.3 Å². The lowest BCUT2D eigenvalue weighted by atomic mass is 10.0. The van der Waals surface area contributed by atoms with Crippen molar-refractivity contribution >= 4 is 28.3 Å². The Kier molecular flexibility index (Phi) is 4.50. The predicted octanol–water partition coefficient (Wildman–Crippen LogP) is 5.39. The van der Waals surface area contributed by atoms with E-state index in [9.17, 15) is 0 Å². The Morgan fingerprint density at radius 3 is 2.16 bits per heavy atom. The Balaban J connectivity index is 2.20. The third-order valence-corrected chi connectivity index (χ3v) is 4.46. The lowest BCUT2D eigenvalue weighted by Gasteiger charge is -2.17. The molecule has 1 unspecified atom stereocenters. The summed E-state index contributed by atoms with van der Waals surface area (Å²) in [7, 11) is 0. The van der Waals surface area contributed by atoms with Crippen molar-refractivity contribution in [3.05, 3.63) is 62.2 Å². The van der Waals surface area contributed by atoms with Crippen LogP contribution in [-0.4, -0.2) is 0 Å². The van der Waals surface area contributed by atoms with Gasteiger partial charge in [-0.15, -0.1) is 0 Å². The molecule has 2 aromatic carbocycles. The second-order valence-corrected chi connectivity index (χ2v) is 6.41. The van der Waals surface area contributed by atoms with Gasteiger partial charge in [0.1, 0.15) is 0 Å². The molecule has 0 saturated carbocycles. The first-order chi connectivity index (χ1) is 8.95. The first-order valence-electron chi connectivity index (χ1n) is 6.56. The van der Waals surface area contributed by atoms with Crippen LogP contribution in [0.5, 0.6) is 0 Å². The smallest absolute Gasteiger partial charge is 0.0485 e. The standard InChI is InChI=1S/C17H20IN/c1-11-7-12(2)9-15(8-11)14(4)19-16-6-5-13(3)17(18)10-16/h5-10,14,19H,1-4H3. The SMILES string of the molecule is Cc1cc(C)cc(C(C)Nc2ccc(C)c(I)c2)c1. The Morgan fingerprint density at radius 1 is 0.947 bits per heavy atom. The van der Waals surface area contributed by atoms with Crippen LogP contribution >= 0.6 is 22.6 Å². The molecule has 0 spiro atoms. The summed E-state index contributed by atoms with van der Waals surface area (Å²) in [6.07, 6.45) is 0. The third-order valence-electron chi connectivity index (χ3n) is 3.30. The Morgan fingerprint density at radius 2 is 1.58 bits per heavy atom. The van der Waals surface area contributed by atoms with Gasteiger partial charge in [0, 0.05) is 15.3 Å². The summed E-state index contributed by atoms with van der Waals surface area (Å²) in [4.78, 5) is 0. The molecule has 0 fully saturated rings. The lowest BCUT2D eigenvalue weighted by Crippen LogP contribution is -2.07. The maximum absolute atomic E-state index is 3.58. The quantitative estimate of drug-likeness (QED) is 0.720. The molecule has 1 nitrogen and oxygen atoms in total. The van der Waals surface area contributed by atoms with Crippen molar-refractivity contribution in [2.75, 3.05) is 5.32 Å².